The molecule has 1 aromatic heterocycles. The van der Waals surface area contributed by atoms with Crippen molar-refractivity contribution in [2.45, 2.75) is 45.6 Å². The summed E-state index contributed by atoms with van der Waals surface area (Å²) in [5.74, 6) is 1.79. The minimum Gasteiger partial charge on any atom is -0.330 e. The first-order valence-corrected chi connectivity index (χ1v) is 7.40. The van der Waals surface area contributed by atoms with Crippen molar-refractivity contribution in [3.8, 4) is 0 Å². The van der Waals surface area contributed by atoms with E-state index in [2.05, 4.69) is 36.6 Å². The number of aryl methyl sites for hydroxylation is 1. The van der Waals surface area contributed by atoms with Gasteiger partial charge in [-0.1, -0.05) is 19.4 Å². The van der Waals surface area contributed by atoms with E-state index in [9.17, 15) is 0 Å². The van der Waals surface area contributed by atoms with Gasteiger partial charge in [0.05, 0.1) is 11.0 Å². The lowest BCUT2D eigenvalue weighted by atomic mass is 10.0. The summed E-state index contributed by atoms with van der Waals surface area (Å²) in [6.07, 6.45) is 4.73. The number of nitrogens with zero attached hydrogens (tertiary/aromatic N) is 2. The van der Waals surface area contributed by atoms with Crippen molar-refractivity contribution in [3.05, 3.63) is 29.6 Å². The van der Waals surface area contributed by atoms with Crippen LogP contribution >= 0.6 is 0 Å². The Bertz CT molecular complexity index is 577. The predicted molar refractivity (Wildman–Crippen MR) is 79.3 cm³/mol. The van der Waals surface area contributed by atoms with Crippen LogP contribution in [0.2, 0.25) is 0 Å². The van der Waals surface area contributed by atoms with Gasteiger partial charge in [-0.05, 0) is 49.9 Å². The molecule has 102 valence electrons. The predicted octanol–water partition coefficient (Wildman–Crippen LogP) is 3.21. The number of imidazole rings is 1. The van der Waals surface area contributed by atoms with E-state index in [0.29, 0.717) is 12.0 Å². The lowest BCUT2D eigenvalue weighted by Gasteiger charge is -2.13. The molecule has 1 aliphatic carbocycles. The lowest BCUT2D eigenvalue weighted by Crippen LogP contribution is -2.18. The van der Waals surface area contributed by atoms with Crippen molar-refractivity contribution in [2.24, 2.45) is 11.7 Å². The van der Waals surface area contributed by atoms with E-state index in [1.54, 1.807) is 0 Å². The fraction of sp³-hybridized carbons (Fsp3) is 0.562. The van der Waals surface area contributed by atoms with Gasteiger partial charge in [0.2, 0.25) is 0 Å². The molecule has 3 rings (SSSR count). The van der Waals surface area contributed by atoms with Crippen molar-refractivity contribution < 1.29 is 0 Å². The maximum Gasteiger partial charge on any atom is 0.110 e. The smallest absolute Gasteiger partial charge is 0.110 e. The summed E-state index contributed by atoms with van der Waals surface area (Å²) in [7, 11) is 0. The third-order valence-electron chi connectivity index (χ3n) is 4.21. The Morgan fingerprint density at radius 2 is 2.21 bits per heavy atom. The molecule has 3 nitrogen and oxygen atoms in total. The molecule has 19 heavy (non-hydrogen) atoms. The highest BCUT2D eigenvalue weighted by atomic mass is 15.1. The summed E-state index contributed by atoms with van der Waals surface area (Å²) in [4.78, 5) is 4.88. The maximum absolute atomic E-state index is 5.85. The Labute approximate surface area is 114 Å². The van der Waals surface area contributed by atoms with E-state index in [1.807, 2.05) is 0 Å². The van der Waals surface area contributed by atoms with Crippen LogP contribution < -0.4 is 5.73 Å². The lowest BCUT2D eigenvalue weighted by molar-refractivity contribution is 0.492. The minimum absolute atomic E-state index is 0.551. The third-order valence-corrected chi connectivity index (χ3v) is 4.21. The number of hydrogen-bond acceptors (Lipinski definition) is 2. The second-order valence-electron chi connectivity index (χ2n) is 5.84. The molecule has 2 aromatic rings. The average Bonchev–Trinajstić information content (AvgIpc) is 3.18. The van der Waals surface area contributed by atoms with Crippen LogP contribution in [0.1, 0.15) is 43.6 Å². The van der Waals surface area contributed by atoms with Gasteiger partial charge < -0.3 is 10.3 Å². The van der Waals surface area contributed by atoms with Gasteiger partial charge in [0.15, 0.2) is 0 Å². The van der Waals surface area contributed by atoms with Crippen LogP contribution in [-0.2, 0) is 6.42 Å². The standard InChI is InChI=1S/C16H23N3/c1-3-12(10-17)9-16-18-14-8-11(2)4-7-15(14)19(16)13-5-6-13/h4,7-8,12-13H,3,5-6,9-10,17H2,1-2H3. The number of benzene rings is 1. The first kappa shape index (κ1) is 12.7. The summed E-state index contributed by atoms with van der Waals surface area (Å²) in [5, 5.41) is 0. The fourth-order valence-corrected chi connectivity index (χ4v) is 2.80. The van der Waals surface area contributed by atoms with E-state index in [-0.39, 0.29) is 0 Å². The van der Waals surface area contributed by atoms with Crippen LogP contribution in [-0.4, -0.2) is 16.1 Å². The van der Waals surface area contributed by atoms with E-state index >= 15 is 0 Å². The molecule has 1 atom stereocenters. The van der Waals surface area contributed by atoms with Gasteiger partial charge in [-0.2, -0.15) is 0 Å². The van der Waals surface area contributed by atoms with Gasteiger partial charge in [0, 0.05) is 12.5 Å². The summed E-state index contributed by atoms with van der Waals surface area (Å²) in [5.41, 5.74) is 9.58. The molecule has 3 heteroatoms. The highest BCUT2D eigenvalue weighted by molar-refractivity contribution is 5.77. The molecular weight excluding hydrogens is 234 g/mol. The zero-order valence-electron chi connectivity index (χ0n) is 11.9. The zero-order chi connectivity index (χ0) is 13.4. The quantitative estimate of drug-likeness (QED) is 0.894. The molecule has 1 fully saturated rings. The number of aromatic nitrogens is 2. The first-order valence-electron chi connectivity index (χ1n) is 7.40. The molecule has 0 aliphatic heterocycles. The van der Waals surface area contributed by atoms with Crippen molar-refractivity contribution in [2.75, 3.05) is 6.54 Å². The van der Waals surface area contributed by atoms with E-state index in [1.165, 1.54) is 29.7 Å². The van der Waals surface area contributed by atoms with Crippen LogP contribution in [0.25, 0.3) is 11.0 Å². The molecule has 1 aromatic carbocycles. The molecule has 1 aliphatic rings. The number of rotatable bonds is 5. The third kappa shape index (κ3) is 2.39. The van der Waals surface area contributed by atoms with Gasteiger partial charge in [0.25, 0.3) is 0 Å². The van der Waals surface area contributed by atoms with Crippen molar-refractivity contribution in [1.29, 1.82) is 0 Å². The Balaban J connectivity index is 2.04. The highest BCUT2D eigenvalue weighted by Gasteiger charge is 2.28. The number of nitrogens with two attached hydrogens (primary N) is 1. The van der Waals surface area contributed by atoms with Crippen molar-refractivity contribution in [3.63, 3.8) is 0 Å². The number of fused-ring (bicyclic) bond motifs is 1. The topological polar surface area (TPSA) is 43.8 Å². The molecule has 0 bridgehead atoms. The number of hydrogen-bond donors (Lipinski definition) is 1. The Morgan fingerprint density at radius 3 is 2.84 bits per heavy atom. The summed E-state index contributed by atoms with van der Waals surface area (Å²) >= 11 is 0. The summed E-state index contributed by atoms with van der Waals surface area (Å²) < 4.78 is 2.47. The van der Waals surface area contributed by atoms with Crippen LogP contribution in [0.4, 0.5) is 0 Å². The molecule has 0 saturated heterocycles. The van der Waals surface area contributed by atoms with Gasteiger partial charge in [-0.25, -0.2) is 4.98 Å². The zero-order valence-corrected chi connectivity index (χ0v) is 11.9. The molecule has 1 heterocycles. The molecule has 2 N–H and O–H groups in total. The maximum atomic E-state index is 5.85. The Kier molecular flexibility index (Phi) is 3.31. The molecule has 1 unspecified atom stereocenters. The van der Waals surface area contributed by atoms with Gasteiger partial charge in [-0.15, -0.1) is 0 Å². The molecule has 0 spiro atoms. The average molecular weight is 257 g/mol. The molecule has 1 saturated carbocycles. The van der Waals surface area contributed by atoms with E-state index in [4.69, 9.17) is 10.7 Å². The Morgan fingerprint density at radius 1 is 1.42 bits per heavy atom. The van der Waals surface area contributed by atoms with Gasteiger partial charge in [-0.3, -0.25) is 0 Å². The summed E-state index contributed by atoms with van der Waals surface area (Å²) in [6, 6.07) is 7.29. The van der Waals surface area contributed by atoms with Crippen LogP contribution in [0.3, 0.4) is 0 Å². The van der Waals surface area contributed by atoms with E-state index in [0.717, 1.165) is 24.9 Å². The van der Waals surface area contributed by atoms with Crippen LogP contribution in [0.5, 0.6) is 0 Å². The van der Waals surface area contributed by atoms with Gasteiger partial charge in [0.1, 0.15) is 5.82 Å². The molecule has 0 amide bonds. The van der Waals surface area contributed by atoms with E-state index < -0.39 is 0 Å². The SMILES string of the molecule is CCC(CN)Cc1nc2cc(C)ccc2n1C1CC1. The highest BCUT2D eigenvalue weighted by Crippen LogP contribution is 2.39. The van der Waals surface area contributed by atoms with Crippen molar-refractivity contribution in [1.82, 2.24) is 9.55 Å². The minimum atomic E-state index is 0.551. The van der Waals surface area contributed by atoms with Crippen molar-refractivity contribution >= 4 is 11.0 Å². The molecule has 0 radical (unpaired) electrons. The molecular formula is C16H23N3. The Hall–Kier alpha value is -1.35. The monoisotopic (exact) mass is 257 g/mol. The first-order chi connectivity index (χ1) is 9.22. The van der Waals surface area contributed by atoms with Crippen LogP contribution in [0, 0.1) is 12.8 Å². The summed E-state index contributed by atoms with van der Waals surface area (Å²) in [6.45, 7) is 5.10. The second-order valence-corrected chi connectivity index (χ2v) is 5.84. The van der Waals surface area contributed by atoms with Gasteiger partial charge >= 0.3 is 0 Å². The fourth-order valence-electron chi connectivity index (χ4n) is 2.80. The van der Waals surface area contributed by atoms with Crippen LogP contribution in [0.15, 0.2) is 18.2 Å². The normalized spacial score (nSPS) is 17.0. The second kappa shape index (κ2) is 4.97. The largest absolute Gasteiger partial charge is 0.330 e.